The quantitative estimate of drug-likeness (QED) is 0.250. The van der Waals surface area contributed by atoms with Crippen LogP contribution in [0.15, 0.2) is 103 Å². The fraction of sp³-hybridized carbons (Fsp3) is 0.188. The molecule has 1 atom stereocenters. The van der Waals surface area contributed by atoms with E-state index in [-0.39, 0.29) is 6.61 Å². The number of fused-ring (bicyclic) bond motifs is 1. The molecule has 0 saturated carbocycles. The lowest BCUT2D eigenvalue weighted by molar-refractivity contribution is 0.0939. The molecule has 0 radical (unpaired) electrons. The van der Waals surface area contributed by atoms with Gasteiger partial charge in [0, 0.05) is 10.9 Å². The van der Waals surface area contributed by atoms with Gasteiger partial charge >= 0.3 is 0 Å². The molecule has 36 heavy (non-hydrogen) atoms. The average Bonchev–Trinajstić information content (AvgIpc) is 3.18. The summed E-state index contributed by atoms with van der Waals surface area (Å²) in [4.78, 5) is 0. The summed E-state index contributed by atoms with van der Waals surface area (Å²) in [5.41, 5.74) is 6.80. The minimum absolute atomic E-state index is 0.217. The average molecular weight is 478 g/mol. The molecule has 4 heteroatoms. The Balaban J connectivity index is 1.46. The van der Waals surface area contributed by atoms with Gasteiger partial charge in [0.15, 0.2) is 0 Å². The molecule has 0 saturated heterocycles. The number of aryl methyl sites for hydroxylation is 2. The molecule has 1 aromatic heterocycles. The second kappa shape index (κ2) is 10.7. The highest BCUT2D eigenvalue weighted by molar-refractivity contribution is 5.92. The normalized spacial score (nSPS) is 12.0. The Bertz CT molecular complexity index is 1420. The van der Waals surface area contributed by atoms with Crippen molar-refractivity contribution in [3.8, 4) is 22.8 Å². The molecule has 0 spiro atoms. The Kier molecular flexibility index (Phi) is 7.06. The van der Waals surface area contributed by atoms with E-state index in [4.69, 9.17) is 9.47 Å². The highest BCUT2D eigenvalue weighted by Crippen LogP contribution is 2.36. The van der Waals surface area contributed by atoms with Gasteiger partial charge in [-0.25, -0.2) is 0 Å². The predicted octanol–water partition coefficient (Wildman–Crippen LogP) is 6.94. The van der Waals surface area contributed by atoms with Gasteiger partial charge in [-0.15, -0.1) is 0 Å². The summed E-state index contributed by atoms with van der Waals surface area (Å²) in [6.45, 7) is 5.39. The zero-order valence-electron chi connectivity index (χ0n) is 20.7. The number of nitrogens with zero attached hydrogens (tertiary/aromatic N) is 1. The molecular weight excluding hydrogens is 446 g/mol. The molecule has 0 aliphatic rings. The fourth-order valence-corrected chi connectivity index (χ4v) is 4.58. The van der Waals surface area contributed by atoms with Gasteiger partial charge in [-0.3, -0.25) is 0 Å². The van der Waals surface area contributed by atoms with Gasteiger partial charge < -0.3 is 19.1 Å². The van der Waals surface area contributed by atoms with E-state index in [1.54, 1.807) is 0 Å². The first-order valence-corrected chi connectivity index (χ1v) is 12.3. The van der Waals surface area contributed by atoms with Crippen LogP contribution in [0.2, 0.25) is 0 Å². The molecule has 0 fully saturated rings. The van der Waals surface area contributed by atoms with Crippen molar-refractivity contribution in [3.63, 3.8) is 0 Å². The van der Waals surface area contributed by atoms with Crippen LogP contribution in [0.5, 0.6) is 11.5 Å². The van der Waals surface area contributed by atoms with E-state index in [9.17, 15) is 5.11 Å². The largest absolute Gasteiger partial charge is 0.491 e. The van der Waals surface area contributed by atoms with Crippen LogP contribution in [0.1, 0.15) is 16.7 Å². The molecule has 0 amide bonds. The van der Waals surface area contributed by atoms with E-state index < -0.39 is 6.10 Å². The summed E-state index contributed by atoms with van der Waals surface area (Å²) in [5.74, 6) is 1.58. The van der Waals surface area contributed by atoms with Crippen LogP contribution in [0.3, 0.4) is 0 Å². The lowest BCUT2D eigenvalue weighted by atomic mass is 10.0. The molecule has 1 unspecified atom stereocenters. The number of para-hydroxylation sites is 1. The third-order valence-electron chi connectivity index (χ3n) is 6.44. The summed E-state index contributed by atoms with van der Waals surface area (Å²) in [6.07, 6.45) is -0.668. The first kappa shape index (κ1) is 23.7. The minimum Gasteiger partial charge on any atom is -0.491 e. The van der Waals surface area contributed by atoms with E-state index in [2.05, 4.69) is 66.9 Å². The van der Waals surface area contributed by atoms with Crippen molar-refractivity contribution in [1.29, 1.82) is 0 Å². The Morgan fingerprint density at radius 1 is 0.750 bits per heavy atom. The highest BCUT2D eigenvalue weighted by Gasteiger charge is 2.19. The SMILES string of the molecule is Cc1ccc(-c2c(C)c3cc(OCc4ccccc4)ccc3n2CC(O)COc2ccccc2)cc1. The second-order valence-electron chi connectivity index (χ2n) is 9.18. The van der Waals surface area contributed by atoms with Crippen LogP contribution >= 0.6 is 0 Å². The summed E-state index contributed by atoms with van der Waals surface area (Å²) in [6, 6.07) is 34.5. The van der Waals surface area contributed by atoms with E-state index in [0.29, 0.717) is 13.2 Å². The first-order chi connectivity index (χ1) is 17.6. The van der Waals surface area contributed by atoms with Gasteiger partial charge in [-0.2, -0.15) is 0 Å². The molecule has 0 aliphatic heterocycles. The van der Waals surface area contributed by atoms with Crippen molar-refractivity contribution < 1.29 is 14.6 Å². The van der Waals surface area contributed by atoms with Gasteiger partial charge in [0.1, 0.15) is 30.8 Å². The molecule has 1 heterocycles. The maximum absolute atomic E-state index is 10.9. The smallest absolute Gasteiger partial charge is 0.120 e. The molecule has 1 N–H and O–H groups in total. The van der Waals surface area contributed by atoms with Crippen LogP contribution < -0.4 is 9.47 Å². The van der Waals surface area contributed by atoms with Gasteiger partial charge in [0.05, 0.1) is 12.2 Å². The standard InChI is InChI=1S/C32H31NO3/c1-23-13-15-26(16-14-23)32-24(2)30-19-29(35-21-25-9-5-3-6-10-25)17-18-31(30)33(32)20-27(34)22-36-28-11-7-4-8-12-28/h3-19,27,34H,20-22H2,1-2H3. The molecule has 5 rings (SSSR count). The summed E-state index contributed by atoms with van der Waals surface area (Å²) in [7, 11) is 0. The number of aromatic nitrogens is 1. The zero-order valence-corrected chi connectivity index (χ0v) is 20.7. The highest BCUT2D eigenvalue weighted by atomic mass is 16.5. The van der Waals surface area contributed by atoms with Crippen molar-refractivity contribution in [2.24, 2.45) is 0 Å². The van der Waals surface area contributed by atoms with Crippen molar-refractivity contribution in [2.75, 3.05) is 6.61 Å². The minimum atomic E-state index is -0.668. The van der Waals surface area contributed by atoms with Crippen LogP contribution in [0.4, 0.5) is 0 Å². The van der Waals surface area contributed by atoms with E-state index >= 15 is 0 Å². The maximum Gasteiger partial charge on any atom is 0.120 e. The number of benzene rings is 4. The predicted molar refractivity (Wildman–Crippen MR) is 146 cm³/mol. The Hall–Kier alpha value is -4.02. The van der Waals surface area contributed by atoms with Crippen LogP contribution in [-0.2, 0) is 13.2 Å². The number of aliphatic hydroxyl groups excluding tert-OH is 1. The lowest BCUT2D eigenvalue weighted by Crippen LogP contribution is -2.24. The molecular formula is C32H31NO3. The molecule has 4 nitrogen and oxygen atoms in total. The van der Waals surface area contributed by atoms with E-state index in [0.717, 1.165) is 44.8 Å². The Morgan fingerprint density at radius 3 is 2.17 bits per heavy atom. The number of aliphatic hydroxyl groups is 1. The second-order valence-corrected chi connectivity index (χ2v) is 9.18. The van der Waals surface area contributed by atoms with E-state index in [1.807, 2.05) is 54.6 Å². The molecule has 5 aromatic rings. The maximum atomic E-state index is 10.9. The van der Waals surface area contributed by atoms with Crippen molar-refractivity contribution >= 4 is 10.9 Å². The van der Waals surface area contributed by atoms with Crippen molar-refractivity contribution in [1.82, 2.24) is 4.57 Å². The van der Waals surface area contributed by atoms with Gasteiger partial charge in [0.25, 0.3) is 0 Å². The van der Waals surface area contributed by atoms with E-state index in [1.165, 1.54) is 5.56 Å². The third-order valence-corrected chi connectivity index (χ3v) is 6.44. The Labute approximate surface area is 212 Å². The number of rotatable bonds is 9. The number of hydrogen-bond donors (Lipinski definition) is 1. The molecule has 182 valence electrons. The summed E-state index contributed by atoms with van der Waals surface area (Å²) >= 11 is 0. The van der Waals surface area contributed by atoms with Crippen LogP contribution in [0, 0.1) is 13.8 Å². The monoisotopic (exact) mass is 477 g/mol. The first-order valence-electron chi connectivity index (χ1n) is 12.3. The zero-order chi connectivity index (χ0) is 24.9. The molecule has 0 bridgehead atoms. The topological polar surface area (TPSA) is 43.6 Å². The molecule has 0 aliphatic carbocycles. The van der Waals surface area contributed by atoms with Crippen LogP contribution in [0.25, 0.3) is 22.2 Å². The third kappa shape index (κ3) is 5.29. The van der Waals surface area contributed by atoms with Crippen LogP contribution in [-0.4, -0.2) is 22.4 Å². The summed E-state index contributed by atoms with van der Waals surface area (Å²) < 4.78 is 14.1. The van der Waals surface area contributed by atoms with Crippen molar-refractivity contribution in [3.05, 3.63) is 120 Å². The van der Waals surface area contributed by atoms with Gasteiger partial charge in [-0.05, 0) is 60.9 Å². The van der Waals surface area contributed by atoms with Gasteiger partial charge in [0.2, 0.25) is 0 Å². The lowest BCUT2D eigenvalue weighted by Gasteiger charge is -2.17. The van der Waals surface area contributed by atoms with Crippen molar-refractivity contribution in [2.45, 2.75) is 33.1 Å². The summed E-state index contributed by atoms with van der Waals surface area (Å²) in [5, 5.41) is 12.1. The fourth-order valence-electron chi connectivity index (χ4n) is 4.58. The molecule has 4 aromatic carbocycles. The Morgan fingerprint density at radius 2 is 1.44 bits per heavy atom. The number of hydrogen-bond acceptors (Lipinski definition) is 3. The van der Waals surface area contributed by atoms with Gasteiger partial charge in [-0.1, -0.05) is 78.4 Å². The number of ether oxygens (including phenoxy) is 2.